The molecule has 0 unspecified atom stereocenters. The number of hydrogen-bond donors (Lipinski definition) is 1. The predicted octanol–water partition coefficient (Wildman–Crippen LogP) is 2.59. The first-order valence-electron chi connectivity index (χ1n) is 7.39. The van der Waals surface area contributed by atoms with E-state index in [1.165, 1.54) is 11.3 Å². The molecule has 6 heteroatoms. The van der Waals surface area contributed by atoms with Crippen molar-refractivity contribution in [1.29, 1.82) is 0 Å². The molecule has 2 rings (SSSR count). The number of unbranched alkanes of at least 4 members (excludes halogenated alkanes) is 1. The zero-order valence-corrected chi connectivity index (χ0v) is 14.1. The molecule has 0 bridgehead atoms. The van der Waals surface area contributed by atoms with E-state index in [2.05, 4.69) is 34.3 Å². The van der Waals surface area contributed by atoms with Crippen LogP contribution in [0.3, 0.4) is 0 Å². The van der Waals surface area contributed by atoms with Crippen molar-refractivity contribution in [2.75, 3.05) is 27.2 Å². The number of pyridine rings is 1. The van der Waals surface area contributed by atoms with Gasteiger partial charge in [-0.15, -0.1) is 11.3 Å². The molecule has 2 heterocycles. The number of carbonyl (C=O) groups is 1. The molecule has 0 atom stereocenters. The molecule has 1 amide bonds. The maximum Gasteiger partial charge on any atom is 0.263 e. The molecule has 1 N–H and O–H groups in total. The Morgan fingerprint density at radius 2 is 2.14 bits per heavy atom. The Labute approximate surface area is 135 Å². The average Bonchev–Trinajstić information content (AvgIpc) is 2.89. The highest BCUT2D eigenvalue weighted by Crippen LogP contribution is 2.26. The number of nitrogens with zero attached hydrogens (tertiary/aromatic N) is 3. The Hall–Kier alpha value is -1.79. The molecule has 0 aliphatic rings. The number of amides is 1. The van der Waals surface area contributed by atoms with Gasteiger partial charge in [-0.05, 0) is 52.5 Å². The highest BCUT2D eigenvalue weighted by Gasteiger charge is 2.16. The van der Waals surface area contributed by atoms with E-state index >= 15 is 0 Å². The van der Waals surface area contributed by atoms with Gasteiger partial charge >= 0.3 is 0 Å². The van der Waals surface area contributed by atoms with Crippen LogP contribution < -0.4 is 5.32 Å². The molecular formula is C16H22N4OS. The summed E-state index contributed by atoms with van der Waals surface area (Å²) in [7, 11) is 4.11. The minimum atomic E-state index is -0.0398. The quantitative estimate of drug-likeness (QED) is 0.797. The summed E-state index contributed by atoms with van der Waals surface area (Å²) in [6.45, 7) is 3.60. The number of nitrogens with one attached hydrogen (secondary N) is 1. The van der Waals surface area contributed by atoms with E-state index in [9.17, 15) is 4.79 Å². The van der Waals surface area contributed by atoms with Crippen LogP contribution in [0.15, 0.2) is 24.4 Å². The number of hydrogen-bond acceptors (Lipinski definition) is 5. The van der Waals surface area contributed by atoms with Crippen molar-refractivity contribution in [3.05, 3.63) is 35.0 Å². The standard InChI is InChI=1S/C16H22N4OS/c1-12-14(15(21)18-10-6-7-11-20(2)3)22-16(19-12)13-8-4-5-9-17-13/h4-5,8-9H,6-7,10-11H2,1-3H3,(H,18,21). The van der Waals surface area contributed by atoms with Gasteiger partial charge in [0, 0.05) is 12.7 Å². The molecule has 0 aromatic carbocycles. The number of aryl methyl sites for hydroxylation is 1. The van der Waals surface area contributed by atoms with Gasteiger partial charge in [-0.3, -0.25) is 9.78 Å². The van der Waals surface area contributed by atoms with Crippen molar-refractivity contribution in [2.24, 2.45) is 0 Å². The van der Waals surface area contributed by atoms with Gasteiger partial charge in [0.1, 0.15) is 9.88 Å². The molecule has 0 saturated heterocycles. The van der Waals surface area contributed by atoms with Gasteiger partial charge in [0.25, 0.3) is 5.91 Å². The fourth-order valence-corrected chi connectivity index (χ4v) is 3.00. The van der Waals surface area contributed by atoms with E-state index < -0.39 is 0 Å². The minimum absolute atomic E-state index is 0.0398. The van der Waals surface area contributed by atoms with E-state index in [0.717, 1.165) is 35.8 Å². The lowest BCUT2D eigenvalue weighted by Crippen LogP contribution is -2.25. The Balaban J connectivity index is 1.92. The van der Waals surface area contributed by atoms with Crippen LogP contribution in [-0.2, 0) is 0 Å². The smallest absolute Gasteiger partial charge is 0.263 e. The molecule has 0 saturated carbocycles. The van der Waals surface area contributed by atoms with Gasteiger partial charge in [0.15, 0.2) is 0 Å². The Morgan fingerprint density at radius 3 is 2.82 bits per heavy atom. The van der Waals surface area contributed by atoms with Crippen molar-refractivity contribution in [3.63, 3.8) is 0 Å². The SMILES string of the molecule is Cc1nc(-c2ccccn2)sc1C(=O)NCCCCN(C)C. The third-order valence-corrected chi connectivity index (χ3v) is 4.38. The second-order valence-electron chi connectivity index (χ2n) is 5.41. The fourth-order valence-electron chi connectivity index (χ4n) is 2.04. The monoisotopic (exact) mass is 318 g/mol. The second-order valence-corrected chi connectivity index (χ2v) is 6.41. The molecule has 0 fully saturated rings. The topological polar surface area (TPSA) is 58.1 Å². The first-order valence-corrected chi connectivity index (χ1v) is 8.21. The average molecular weight is 318 g/mol. The van der Waals surface area contributed by atoms with E-state index in [1.807, 2.05) is 25.1 Å². The number of thiazole rings is 1. The molecule has 0 aliphatic carbocycles. The molecule has 2 aromatic heterocycles. The first-order chi connectivity index (χ1) is 10.6. The van der Waals surface area contributed by atoms with Crippen molar-refractivity contribution < 1.29 is 4.79 Å². The third kappa shape index (κ3) is 4.61. The summed E-state index contributed by atoms with van der Waals surface area (Å²) in [6.07, 6.45) is 3.79. The van der Waals surface area contributed by atoms with Gasteiger partial charge in [-0.25, -0.2) is 4.98 Å². The van der Waals surface area contributed by atoms with Gasteiger partial charge in [-0.1, -0.05) is 6.07 Å². The normalized spacial score (nSPS) is 10.9. The van der Waals surface area contributed by atoms with Crippen LogP contribution >= 0.6 is 11.3 Å². The van der Waals surface area contributed by atoms with Crippen LogP contribution in [0.1, 0.15) is 28.2 Å². The van der Waals surface area contributed by atoms with Crippen LogP contribution in [0, 0.1) is 6.92 Å². The largest absolute Gasteiger partial charge is 0.351 e. The lowest BCUT2D eigenvalue weighted by atomic mass is 10.3. The molecule has 5 nitrogen and oxygen atoms in total. The lowest BCUT2D eigenvalue weighted by molar-refractivity contribution is 0.0956. The van der Waals surface area contributed by atoms with E-state index in [1.54, 1.807) is 6.20 Å². The zero-order chi connectivity index (χ0) is 15.9. The summed E-state index contributed by atoms with van der Waals surface area (Å²) >= 11 is 1.40. The third-order valence-electron chi connectivity index (χ3n) is 3.20. The zero-order valence-electron chi connectivity index (χ0n) is 13.3. The highest BCUT2D eigenvalue weighted by atomic mass is 32.1. The van der Waals surface area contributed by atoms with Gasteiger partial charge < -0.3 is 10.2 Å². The number of aromatic nitrogens is 2. The Bertz CT molecular complexity index is 610. The maximum absolute atomic E-state index is 12.2. The predicted molar refractivity (Wildman–Crippen MR) is 90.2 cm³/mol. The van der Waals surface area contributed by atoms with Gasteiger partial charge in [0.05, 0.1) is 11.4 Å². The second kappa shape index (κ2) is 8.00. The van der Waals surface area contributed by atoms with Crippen LogP contribution in [0.4, 0.5) is 0 Å². The van der Waals surface area contributed by atoms with E-state index in [4.69, 9.17) is 0 Å². The molecule has 118 valence electrons. The van der Waals surface area contributed by atoms with Crippen molar-refractivity contribution in [3.8, 4) is 10.7 Å². The fraction of sp³-hybridized carbons (Fsp3) is 0.438. The minimum Gasteiger partial charge on any atom is -0.351 e. The molecule has 2 aromatic rings. The van der Waals surface area contributed by atoms with Gasteiger partial charge in [-0.2, -0.15) is 0 Å². The van der Waals surface area contributed by atoms with Gasteiger partial charge in [0.2, 0.25) is 0 Å². The summed E-state index contributed by atoms with van der Waals surface area (Å²) in [5, 5.41) is 3.76. The van der Waals surface area contributed by atoms with Crippen LogP contribution in [0.5, 0.6) is 0 Å². The summed E-state index contributed by atoms with van der Waals surface area (Å²) in [5.74, 6) is -0.0398. The Morgan fingerprint density at radius 1 is 1.32 bits per heavy atom. The molecular weight excluding hydrogens is 296 g/mol. The highest BCUT2D eigenvalue weighted by molar-refractivity contribution is 7.17. The molecule has 0 radical (unpaired) electrons. The number of rotatable bonds is 7. The van der Waals surface area contributed by atoms with Crippen molar-refractivity contribution in [2.45, 2.75) is 19.8 Å². The van der Waals surface area contributed by atoms with Crippen LogP contribution in [-0.4, -0.2) is 48.0 Å². The van der Waals surface area contributed by atoms with Crippen LogP contribution in [0.2, 0.25) is 0 Å². The van der Waals surface area contributed by atoms with Crippen LogP contribution in [0.25, 0.3) is 10.7 Å². The first kappa shape index (κ1) is 16.6. The molecule has 0 aliphatic heterocycles. The summed E-state index contributed by atoms with van der Waals surface area (Å²) in [5.41, 5.74) is 1.57. The Kier molecular flexibility index (Phi) is 6.03. The van der Waals surface area contributed by atoms with E-state index in [0.29, 0.717) is 11.4 Å². The van der Waals surface area contributed by atoms with E-state index in [-0.39, 0.29) is 5.91 Å². The summed E-state index contributed by atoms with van der Waals surface area (Å²) < 4.78 is 0. The number of carbonyl (C=O) groups excluding carboxylic acids is 1. The summed E-state index contributed by atoms with van der Waals surface area (Å²) in [6, 6.07) is 5.69. The molecule has 22 heavy (non-hydrogen) atoms. The van der Waals surface area contributed by atoms with Crippen molar-refractivity contribution >= 4 is 17.2 Å². The maximum atomic E-state index is 12.2. The van der Waals surface area contributed by atoms with Crippen molar-refractivity contribution in [1.82, 2.24) is 20.2 Å². The lowest BCUT2D eigenvalue weighted by Gasteiger charge is -2.09. The summed E-state index contributed by atoms with van der Waals surface area (Å²) in [4.78, 5) is 23.8. The molecule has 0 spiro atoms.